The number of nitrogen functional groups attached to an aromatic ring is 1. The Morgan fingerprint density at radius 1 is 1.27 bits per heavy atom. The SMILES string of the molecule is [C-]#[N+]c1cn2cc(C(=O)Cc3ccc(F)c(CNc4cccnc4N)c3)ncc2n1. The Kier molecular flexibility index (Phi) is 5.05. The third kappa shape index (κ3) is 3.93. The molecule has 0 fully saturated rings. The van der Waals surface area contributed by atoms with Gasteiger partial charge in [0.15, 0.2) is 5.78 Å². The molecule has 1 aromatic carbocycles. The second-order valence-electron chi connectivity index (χ2n) is 6.56. The van der Waals surface area contributed by atoms with E-state index in [1.165, 1.54) is 24.7 Å². The van der Waals surface area contributed by atoms with E-state index >= 15 is 0 Å². The largest absolute Gasteiger partial charge is 0.382 e. The maximum atomic E-state index is 14.2. The summed E-state index contributed by atoms with van der Waals surface area (Å²) >= 11 is 0. The molecule has 0 bridgehead atoms. The van der Waals surface area contributed by atoms with Crippen LogP contribution in [0.25, 0.3) is 10.5 Å². The van der Waals surface area contributed by atoms with Crippen LogP contribution in [0.1, 0.15) is 21.6 Å². The van der Waals surface area contributed by atoms with E-state index in [1.807, 2.05) is 0 Å². The molecule has 0 amide bonds. The number of anilines is 2. The van der Waals surface area contributed by atoms with Crippen molar-refractivity contribution < 1.29 is 9.18 Å². The number of hydrogen-bond donors (Lipinski definition) is 2. The van der Waals surface area contributed by atoms with Gasteiger partial charge in [0.25, 0.3) is 5.82 Å². The highest BCUT2D eigenvalue weighted by molar-refractivity contribution is 5.95. The molecule has 148 valence electrons. The van der Waals surface area contributed by atoms with Crippen LogP contribution in [0.5, 0.6) is 0 Å². The molecule has 0 saturated heterocycles. The van der Waals surface area contributed by atoms with Gasteiger partial charge in [-0.3, -0.25) is 9.20 Å². The van der Waals surface area contributed by atoms with Gasteiger partial charge in [-0.2, -0.15) is 0 Å². The quantitative estimate of drug-likeness (QED) is 0.379. The highest BCUT2D eigenvalue weighted by atomic mass is 19.1. The number of carbonyl (C=O) groups is 1. The highest BCUT2D eigenvalue weighted by Gasteiger charge is 2.14. The lowest BCUT2D eigenvalue weighted by Gasteiger charge is -2.10. The third-order valence-corrected chi connectivity index (χ3v) is 4.51. The summed E-state index contributed by atoms with van der Waals surface area (Å²) in [6, 6.07) is 8.03. The van der Waals surface area contributed by atoms with Crippen molar-refractivity contribution in [3.63, 3.8) is 0 Å². The number of hydrogen-bond acceptors (Lipinski definition) is 6. The molecule has 3 heterocycles. The molecular weight excluding hydrogens is 385 g/mol. The van der Waals surface area contributed by atoms with E-state index in [4.69, 9.17) is 12.3 Å². The molecular formula is C21H16FN7O. The number of nitrogens with two attached hydrogens (primary N) is 1. The van der Waals surface area contributed by atoms with Gasteiger partial charge in [-0.15, -0.1) is 0 Å². The minimum atomic E-state index is -0.384. The summed E-state index contributed by atoms with van der Waals surface area (Å²) in [6.45, 7) is 7.21. The summed E-state index contributed by atoms with van der Waals surface area (Å²) in [5.74, 6) is -0.0549. The summed E-state index contributed by atoms with van der Waals surface area (Å²) < 4.78 is 15.8. The van der Waals surface area contributed by atoms with Crippen LogP contribution < -0.4 is 11.1 Å². The third-order valence-electron chi connectivity index (χ3n) is 4.51. The Balaban J connectivity index is 1.50. The minimum absolute atomic E-state index is 0.0607. The minimum Gasteiger partial charge on any atom is -0.382 e. The van der Waals surface area contributed by atoms with Crippen LogP contribution in [0.4, 0.5) is 21.7 Å². The lowest BCUT2D eigenvalue weighted by molar-refractivity contribution is 0.0987. The van der Waals surface area contributed by atoms with Crippen molar-refractivity contribution in [1.29, 1.82) is 0 Å². The highest BCUT2D eigenvalue weighted by Crippen LogP contribution is 2.18. The molecule has 9 heteroatoms. The molecule has 0 aliphatic heterocycles. The van der Waals surface area contributed by atoms with E-state index in [0.717, 1.165) is 0 Å². The Hall–Kier alpha value is -4.32. The van der Waals surface area contributed by atoms with Crippen LogP contribution in [0.2, 0.25) is 0 Å². The number of nitrogens with zero attached hydrogens (tertiary/aromatic N) is 5. The molecule has 0 aliphatic carbocycles. The van der Waals surface area contributed by atoms with Gasteiger partial charge in [0.1, 0.15) is 17.3 Å². The number of aromatic nitrogens is 4. The molecule has 4 aromatic rings. The molecule has 0 aliphatic rings. The Labute approximate surface area is 171 Å². The van der Waals surface area contributed by atoms with Crippen molar-refractivity contribution in [3.8, 4) is 0 Å². The Morgan fingerprint density at radius 3 is 2.93 bits per heavy atom. The zero-order chi connectivity index (χ0) is 21.1. The molecule has 0 atom stereocenters. The van der Waals surface area contributed by atoms with Gasteiger partial charge >= 0.3 is 0 Å². The van der Waals surface area contributed by atoms with Crippen molar-refractivity contribution in [2.45, 2.75) is 13.0 Å². The van der Waals surface area contributed by atoms with E-state index < -0.39 is 0 Å². The maximum Gasteiger partial charge on any atom is 0.288 e. The monoisotopic (exact) mass is 401 g/mol. The first-order chi connectivity index (χ1) is 14.5. The van der Waals surface area contributed by atoms with Gasteiger partial charge in [0.2, 0.25) is 5.65 Å². The Morgan fingerprint density at radius 2 is 2.13 bits per heavy atom. The predicted molar refractivity (Wildman–Crippen MR) is 110 cm³/mol. The van der Waals surface area contributed by atoms with Crippen molar-refractivity contribution in [1.82, 2.24) is 19.4 Å². The van der Waals surface area contributed by atoms with Crippen LogP contribution in [-0.2, 0) is 13.0 Å². The van der Waals surface area contributed by atoms with Crippen molar-refractivity contribution in [3.05, 3.63) is 89.2 Å². The second-order valence-corrected chi connectivity index (χ2v) is 6.56. The molecule has 0 saturated carbocycles. The average molecular weight is 401 g/mol. The van der Waals surface area contributed by atoms with Gasteiger partial charge < -0.3 is 15.9 Å². The smallest absolute Gasteiger partial charge is 0.288 e. The maximum absolute atomic E-state index is 14.2. The van der Waals surface area contributed by atoms with Crippen LogP contribution in [0, 0.1) is 12.4 Å². The fourth-order valence-corrected chi connectivity index (χ4v) is 2.99. The summed E-state index contributed by atoms with van der Waals surface area (Å²) in [6.07, 6.45) is 6.15. The van der Waals surface area contributed by atoms with Crippen LogP contribution in [0.15, 0.2) is 55.1 Å². The molecule has 0 radical (unpaired) electrons. The molecule has 0 spiro atoms. The topological polar surface area (TPSA) is 103 Å². The van der Waals surface area contributed by atoms with Gasteiger partial charge in [0, 0.05) is 37.1 Å². The van der Waals surface area contributed by atoms with E-state index in [0.29, 0.717) is 28.3 Å². The van der Waals surface area contributed by atoms with Gasteiger partial charge in [-0.1, -0.05) is 23.7 Å². The summed E-state index contributed by atoms with van der Waals surface area (Å²) in [5, 5.41) is 3.05. The number of Topliss-reactive ketones (excluding diaryl/α,β-unsaturated/α-hetero) is 1. The summed E-state index contributed by atoms with van der Waals surface area (Å²) in [4.78, 5) is 28.1. The lowest BCUT2D eigenvalue weighted by Crippen LogP contribution is -2.09. The van der Waals surface area contributed by atoms with Gasteiger partial charge in [0.05, 0.1) is 11.9 Å². The number of fused-ring (bicyclic) bond motifs is 1. The van der Waals surface area contributed by atoms with Crippen LogP contribution in [-0.4, -0.2) is 25.1 Å². The van der Waals surface area contributed by atoms with E-state index in [2.05, 4.69) is 25.1 Å². The van der Waals surface area contributed by atoms with E-state index in [-0.39, 0.29) is 36.1 Å². The number of benzene rings is 1. The van der Waals surface area contributed by atoms with E-state index in [9.17, 15) is 9.18 Å². The zero-order valence-corrected chi connectivity index (χ0v) is 15.7. The van der Waals surface area contributed by atoms with Crippen LogP contribution in [0.3, 0.4) is 0 Å². The molecule has 30 heavy (non-hydrogen) atoms. The Bertz CT molecular complexity index is 1290. The fourth-order valence-electron chi connectivity index (χ4n) is 2.99. The second kappa shape index (κ2) is 7.97. The zero-order valence-electron chi connectivity index (χ0n) is 15.7. The number of halogens is 1. The predicted octanol–water partition coefficient (Wildman–Crippen LogP) is 3.43. The van der Waals surface area contributed by atoms with Gasteiger partial charge in [-0.25, -0.2) is 14.4 Å². The van der Waals surface area contributed by atoms with Crippen molar-refractivity contribution in [2.75, 3.05) is 11.1 Å². The van der Waals surface area contributed by atoms with Gasteiger partial charge in [-0.05, 0) is 23.8 Å². The number of pyridine rings is 1. The molecule has 8 nitrogen and oxygen atoms in total. The summed E-state index contributed by atoms with van der Waals surface area (Å²) in [5.41, 5.74) is 8.19. The lowest BCUT2D eigenvalue weighted by atomic mass is 10.0. The first-order valence-electron chi connectivity index (χ1n) is 9.00. The standard InChI is InChI=1S/C21H16FN7O/c1-24-19-12-29-11-17(27-10-20(29)28-19)18(30)8-13-4-5-15(22)14(7-13)9-26-16-3-2-6-25-21(16)23/h2-7,10-12,26H,8-9H2,(H2,23,25). The number of carbonyl (C=O) groups excluding carboxylic acids is 1. The number of imidazole rings is 1. The fraction of sp³-hybridized carbons (Fsp3) is 0.0952. The van der Waals surface area contributed by atoms with Crippen molar-refractivity contribution >= 4 is 28.8 Å². The first-order valence-corrected chi connectivity index (χ1v) is 9.00. The number of ketones is 1. The van der Waals surface area contributed by atoms with Crippen LogP contribution >= 0.6 is 0 Å². The summed E-state index contributed by atoms with van der Waals surface area (Å²) in [7, 11) is 0. The van der Waals surface area contributed by atoms with Crippen molar-refractivity contribution in [2.24, 2.45) is 0 Å². The normalized spacial score (nSPS) is 10.7. The first kappa shape index (κ1) is 19.0. The van der Waals surface area contributed by atoms with E-state index in [1.54, 1.807) is 34.9 Å². The molecule has 0 unspecified atom stereocenters. The average Bonchev–Trinajstić information content (AvgIpc) is 3.17. The molecule has 3 aromatic heterocycles. The molecule has 4 rings (SSSR count). The number of rotatable bonds is 6. The molecule has 3 N–H and O–H groups in total. The number of nitrogens with one attached hydrogen (secondary N) is 1.